The number of nitrogens with zero attached hydrogens (tertiary/aromatic N) is 2. The molecule has 0 fully saturated rings. The molecule has 21 heavy (non-hydrogen) atoms. The molecule has 0 unspecified atom stereocenters. The van der Waals surface area contributed by atoms with E-state index in [2.05, 4.69) is 18.5 Å². The van der Waals surface area contributed by atoms with E-state index in [-0.39, 0.29) is 5.56 Å². The highest BCUT2D eigenvalue weighted by atomic mass is 32.2. The summed E-state index contributed by atoms with van der Waals surface area (Å²) in [5.74, 6) is 0.887. The van der Waals surface area contributed by atoms with E-state index < -0.39 is 0 Å². The molecule has 3 heterocycles. The lowest BCUT2D eigenvalue weighted by atomic mass is 10.2. The number of hydrogen-bond donors (Lipinski definition) is 0. The van der Waals surface area contributed by atoms with Crippen LogP contribution in [0.15, 0.2) is 45.5 Å². The molecule has 6 heteroatoms. The number of fused-ring (bicyclic) bond motifs is 1. The maximum absolute atomic E-state index is 12.9. The second kappa shape index (κ2) is 6.17. The number of thiophene rings is 2. The molecule has 0 bridgehead atoms. The number of hydrogen-bond acceptors (Lipinski definition) is 5. The molecule has 0 saturated heterocycles. The Kier molecular flexibility index (Phi) is 4.28. The molecule has 3 nitrogen and oxygen atoms in total. The summed E-state index contributed by atoms with van der Waals surface area (Å²) in [4.78, 5) is 19.5. The van der Waals surface area contributed by atoms with E-state index in [1.165, 1.54) is 11.3 Å². The molecule has 108 valence electrons. The van der Waals surface area contributed by atoms with Gasteiger partial charge >= 0.3 is 0 Å². The van der Waals surface area contributed by atoms with Gasteiger partial charge in [-0.2, -0.15) is 0 Å². The summed E-state index contributed by atoms with van der Waals surface area (Å²) >= 11 is 4.77. The minimum absolute atomic E-state index is 0.0282. The fourth-order valence-electron chi connectivity index (χ4n) is 2.15. The third-order valence-corrected chi connectivity index (χ3v) is 5.66. The van der Waals surface area contributed by atoms with Gasteiger partial charge in [0.1, 0.15) is 4.83 Å². The molecular formula is C15H14N2OS3. The third-order valence-electron chi connectivity index (χ3n) is 3.03. The Morgan fingerprint density at radius 2 is 2.33 bits per heavy atom. The van der Waals surface area contributed by atoms with Gasteiger partial charge in [-0.25, -0.2) is 4.98 Å². The second-order valence-corrected chi connectivity index (χ2v) is 7.38. The number of rotatable bonds is 5. The summed E-state index contributed by atoms with van der Waals surface area (Å²) in [5.41, 5.74) is 1.02. The summed E-state index contributed by atoms with van der Waals surface area (Å²) in [6.45, 7) is 6.30. The molecule has 0 aliphatic carbocycles. The molecule has 0 aromatic carbocycles. The lowest BCUT2D eigenvalue weighted by Gasteiger charge is -2.09. The number of aromatic nitrogens is 2. The molecular weight excluding hydrogens is 320 g/mol. The topological polar surface area (TPSA) is 34.9 Å². The standard InChI is InChI=1S/C15H14N2OS3/c1-3-7-17-14(18)12-10(11-6-5-8-20-11)9-21-13(12)16-15(17)19-4-2/h3,5-6,8-9H,1,4,7H2,2H3. The van der Waals surface area contributed by atoms with Crippen LogP contribution in [0.3, 0.4) is 0 Å². The Morgan fingerprint density at radius 3 is 3.00 bits per heavy atom. The largest absolute Gasteiger partial charge is 0.283 e. The van der Waals surface area contributed by atoms with Crippen molar-refractivity contribution in [2.45, 2.75) is 18.6 Å². The van der Waals surface area contributed by atoms with Crippen LogP contribution < -0.4 is 5.56 Å². The van der Waals surface area contributed by atoms with Crippen molar-refractivity contribution in [3.8, 4) is 10.4 Å². The van der Waals surface area contributed by atoms with E-state index in [4.69, 9.17) is 0 Å². The lowest BCUT2D eigenvalue weighted by Crippen LogP contribution is -2.22. The molecule has 0 amide bonds. The van der Waals surface area contributed by atoms with Crippen LogP contribution >= 0.6 is 34.4 Å². The Balaban J connectivity index is 2.30. The summed E-state index contributed by atoms with van der Waals surface area (Å²) in [5, 5.41) is 5.55. The normalized spacial score (nSPS) is 11.1. The van der Waals surface area contributed by atoms with E-state index in [0.29, 0.717) is 6.54 Å². The van der Waals surface area contributed by atoms with E-state index in [9.17, 15) is 4.79 Å². The van der Waals surface area contributed by atoms with Gasteiger partial charge in [0, 0.05) is 22.4 Å². The summed E-state index contributed by atoms with van der Waals surface area (Å²) < 4.78 is 1.72. The third kappa shape index (κ3) is 2.59. The van der Waals surface area contributed by atoms with Crippen molar-refractivity contribution in [3.63, 3.8) is 0 Å². The highest BCUT2D eigenvalue weighted by Gasteiger charge is 2.16. The van der Waals surface area contributed by atoms with Gasteiger partial charge in [0.05, 0.1) is 5.39 Å². The van der Waals surface area contributed by atoms with E-state index in [1.54, 1.807) is 33.7 Å². The molecule has 3 aromatic heterocycles. The minimum Gasteiger partial charge on any atom is -0.283 e. The van der Waals surface area contributed by atoms with Crippen LogP contribution in [-0.2, 0) is 6.54 Å². The average Bonchev–Trinajstić information content (AvgIpc) is 3.11. The van der Waals surface area contributed by atoms with Gasteiger partial charge in [-0.1, -0.05) is 30.8 Å². The van der Waals surface area contributed by atoms with Crippen LogP contribution in [0.5, 0.6) is 0 Å². The Labute approximate surface area is 135 Å². The van der Waals surface area contributed by atoms with Crippen molar-refractivity contribution in [2.75, 3.05) is 5.75 Å². The van der Waals surface area contributed by atoms with Crippen LogP contribution in [-0.4, -0.2) is 15.3 Å². The zero-order valence-electron chi connectivity index (χ0n) is 11.5. The van der Waals surface area contributed by atoms with Gasteiger partial charge in [0.25, 0.3) is 5.56 Å². The average molecular weight is 334 g/mol. The van der Waals surface area contributed by atoms with Gasteiger partial charge in [-0.3, -0.25) is 9.36 Å². The zero-order chi connectivity index (χ0) is 14.8. The van der Waals surface area contributed by atoms with E-state index in [1.807, 2.05) is 22.9 Å². The molecule has 0 aliphatic rings. The first kappa shape index (κ1) is 14.6. The number of thioether (sulfide) groups is 1. The molecule has 0 radical (unpaired) electrons. The van der Waals surface area contributed by atoms with Crippen LogP contribution in [0.25, 0.3) is 20.7 Å². The fraction of sp³-hybridized carbons (Fsp3) is 0.200. The van der Waals surface area contributed by atoms with Crippen LogP contribution in [0, 0.1) is 0 Å². The highest BCUT2D eigenvalue weighted by Crippen LogP contribution is 2.34. The van der Waals surface area contributed by atoms with Gasteiger partial charge in [0.2, 0.25) is 0 Å². The van der Waals surface area contributed by atoms with Gasteiger partial charge in [-0.05, 0) is 17.2 Å². The fourth-order valence-corrected chi connectivity index (χ4v) is 4.69. The van der Waals surface area contributed by atoms with Gasteiger partial charge in [-0.15, -0.1) is 29.3 Å². The summed E-state index contributed by atoms with van der Waals surface area (Å²) in [6.07, 6.45) is 1.74. The van der Waals surface area contributed by atoms with E-state index in [0.717, 1.165) is 31.6 Å². The molecule has 0 atom stereocenters. The lowest BCUT2D eigenvalue weighted by molar-refractivity contribution is 0.673. The van der Waals surface area contributed by atoms with Gasteiger partial charge < -0.3 is 0 Å². The van der Waals surface area contributed by atoms with E-state index >= 15 is 0 Å². The Bertz CT molecular complexity index is 831. The zero-order valence-corrected chi connectivity index (χ0v) is 14.0. The van der Waals surface area contributed by atoms with Crippen molar-refractivity contribution in [1.82, 2.24) is 9.55 Å². The Hall–Kier alpha value is -1.37. The molecule has 0 N–H and O–H groups in total. The smallest absolute Gasteiger partial charge is 0.263 e. The molecule has 3 rings (SSSR count). The maximum atomic E-state index is 12.9. The predicted molar refractivity (Wildman–Crippen MR) is 93.8 cm³/mol. The van der Waals surface area contributed by atoms with Crippen molar-refractivity contribution in [1.29, 1.82) is 0 Å². The molecule has 0 spiro atoms. The maximum Gasteiger partial charge on any atom is 0.263 e. The van der Waals surface area contributed by atoms with Crippen LogP contribution in [0.2, 0.25) is 0 Å². The molecule has 3 aromatic rings. The first-order valence-corrected chi connectivity index (χ1v) is 9.30. The summed E-state index contributed by atoms with van der Waals surface area (Å²) in [6, 6.07) is 4.04. The van der Waals surface area contributed by atoms with Crippen LogP contribution in [0.4, 0.5) is 0 Å². The minimum atomic E-state index is 0.0282. The monoisotopic (exact) mass is 334 g/mol. The van der Waals surface area contributed by atoms with Crippen molar-refractivity contribution >= 4 is 44.7 Å². The number of allylic oxidation sites excluding steroid dienone is 1. The van der Waals surface area contributed by atoms with Crippen molar-refractivity contribution in [3.05, 3.63) is 45.9 Å². The van der Waals surface area contributed by atoms with Crippen LogP contribution in [0.1, 0.15) is 6.92 Å². The van der Waals surface area contributed by atoms with Gasteiger partial charge in [0.15, 0.2) is 5.16 Å². The SMILES string of the molecule is C=CCn1c(SCC)nc2scc(-c3cccs3)c2c1=O. The quantitative estimate of drug-likeness (QED) is 0.392. The first-order chi connectivity index (χ1) is 10.3. The highest BCUT2D eigenvalue weighted by molar-refractivity contribution is 7.99. The summed E-state index contributed by atoms with van der Waals surface area (Å²) in [7, 11) is 0. The van der Waals surface area contributed by atoms with Crippen molar-refractivity contribution in [2.24, 2.45) is 0 Å². The van der Waals surface area contributed by atoms with Crippen molar-refractivity contribution < 1.29 is 0 Å². The molecule has 0 aliphatic heterocycles. The Morgan fingerprint density at radius 1 is 1.48 bits per heavy atom. The molecule has 0 saturated carbocycles. The first-order valence-electron chi connectivity index (χ1n) is 6.55. The second-order valence-electron chi connectivity index (χ2n) is 4.34. The predicted octanol–water partition coefficient (Wildman–Crippen LogP) is 4.48.